The molecule has 0 spiro atoms. The summed E-state index contributed by atoms with van der Waals surface area (Å²) in [5.41, 5.74) is 0.978. The van der Waals surface area contributed by atoms with Crippen LogP contribution in [0.15, 0.2) is 48.8 Å². The maximum atomic E-state index is 13.2. The Morgan fingerprint density at radius 3 is 2.67 bits per heavy atom. The molecule has 0 atom stereocenters. The van der Waals surface area contributed by atoms with Gasteiger partial charge in [-0.05, 0) is 48.6 Å². The van der Waals surface area contributed by atoms with Gasteiger partial charge in [0, 0.05) is 32.0 Å². The maximum Gasteiger partial charge on any atom is 0.255 e. The molecule has 27 heavy (non-hydrogen) atoms. The van der Waals surface area contributed by atoms with Gasteiger partial charge in [-0.2, -0.15) is 0 Å². The number of hydrogen-bond donors (Lipinski definition) is 1. The number of halogens is 1. The van der Waals surface area contributed by atoms with Gasteiger partial charge in [0.05, 0.1) is 11.3 Å². The Labute approximate surface area is 158 Å². The third kappa shape index (κ3) is 5.58. The number of rotatable bonds is 6. The van der Waals surface area contributed by atoms with Crippen molar-refractivity contribution in [3.8, 4) is 0 Å². The van der Waals surface area contributed by atoms with Crippen molar-refractivity contribution in [2.45, 2.75) is 18.6 Å². The molecule has 1 saturated heterocycles. The first kappa shape index (κ1) is 19.4. The molecule has 1 amide bonds. The van der Waals surface area contributed by atoms with Crippen LogP contribution in [-0.4, -0.2) is 43.8 Å². The average molecular weight is 391 g/mol. The first-order chi connectivity index (χ1) is 12.9. The molecule has 0 unspecified atom stereocenters. The highest BCUT2D eigenvalue weighted by Gasteiger charge is 2.24. The summed E-state index contributed by atoms with van der Waals surface area (Å²) < 4.78 is 40.2. The third-order valence-electron chi connectivity index (χ3n) is 4.65. The fraction of sp³-hybridized carbons (Fsp3) is 0.368. The smallest absolute Gasteiger partial charge is 0.255 e. The highest BCUT2D eigenvalue weighted by atomic mass is 32.2. The lowest BCUT2D eigenvalue weighted by atomic mass is 9.97. The van der Waals surface area contributed by atoms with Crippen molar-refractivity contribution < 1.29 is 17.6 Å². The molecular formula is C19H22FN3O3S. The highest BCUT2D eigenvalue weighted by Crippen LogP contribution is 2.19. The van der Waals surface area contributed by atoms with Gasteiger partial charge in [0.2, 0.25) is 10.0 Å². The Hall–Kier alpha value is -2.32. The molecule has 1 aromatic carbocycles. The quantitative estimate of drug-likeness (QED) is 0.819. The van der Waals surface area contributed by atoms with Gasteiger partial charge < -0.3 is 4.90 Å². The van der Waals surface area contributed by atoms with E-state index in [1.165, 1.54) is 18.2 Å². The number of nitrogens with zero attached hydrogens (tertiary/aromatic N) is 2. The number of nitrogens with one attached hydrogen (secondary N) is 1. The zero-order chi connectivity index (χ0) is 19.3. The summed E-state index contributed by atoms with van der Waals surface area (Å²) in [6, 6.07) is 9.06. The fourth-order valence-electron chi connectivity index (χ4n) is 3.15. The largest absolute Gasteiger partial charge is 0.339 e. The number of sulfonamides is 1. The van der Waals surface area contributed by atoms with Crippen LogP contribution >= 0.6 is 0 Å². The minimum atomic E-state index is -3.53. The molecule has 2 aromatic rings. The van der Waals surface area contributed by atoms with Gasteiger partial charge in [-0.15, -0.1) is 0 Å². The van der Waals surface area contributed by atoms with E-state index < -0.39 is 15.8 Å². The summed E-state index contributed by atoms with van der Waals surface area (Å²) in [6.07, 6.45) is 4.64. The fourth-order valence-corrected chi connectivity index (χ4v) is 4.36. The first-order valence-corrected chi connectivity index (χ1v) is 10.5. The lowest BCUT2D eigenvalue weighted by Crippen LogP contribution is -2.41. The molecule has 1 fully saturated rings. The highest BCUT2D eigenvalue weighted by molar-refractivity contribution is 7.88. The molecule has 6 nitrogen and oxygen atoms in total. The predicted molar refractivity (Wildman–Crippen MR) is 99.9 cm³/mol. The Morgan fingerprint density at radius 1 is 1.22 bits per heavy atom. The lowest BCUT2D eigenvalue weighted by Gasteiger charge is -2.32. The first-order valence-electron chi connectivity index (χ1n) is 8.84. The van der Waals surface area contributed by atoms with Gasteiger partial charge in [-0.25, -0.2) is 17.5 Å². The van der Waals surface area contributed by atoms with E-state index in [1.807, 2.05) is 0 Å². The topological polar surface area (TPSA) is 79.4 Å². The van der Waals surface area contributed by atoms with Crippen molar-refractivity contribution in [3.63, 3.8) is 0 Å². The molecular weight excluding hydrogens is 369 g/mol. The van der Waals surface area contributed by atoms with Gasteiger partial charge in [-0.1, -0.05) is 12.1 Å². The van der Waals surface area contributed by atoms with Crippen LogP contribution in [0, 0.1) is 11.7 Å². The van der Waals surface area contributed by atoms with Crippen molar-refractivity contribution in [3.05, 3.63) is 65.7 Å². The molecule has 1 aromatic heterocycles. The van der Waals surface area contributed by atoms with Crippen molar-refractivity contribution >= 4 is 15.9 Å². The zero-order valence-electron chi connectivity index (χ0n) is 14.8. The second-order valence-corrected chi connectivity index (χ2v) is 8.52. The number of carbonyl (C=O) groups is 1. The molecule has 3 rings (SSSR count). The van der Waals surface area contributed by atoms with E-state index >= 15 is 0 Å². The van der Waals surface area contributed by atoms with Crippen LogP contribution in [0.5, 0.6) is 0 Å². The number of carbonyl (C=O) groups excluding carboxylic acids is 1. The van der Waals surface area contributed by atoms with Crippen LogP contribution < -0.4 is 4.72 Å². The van der Waals surface area contributed by atoms with Crippen LogP contribution in [0.3, 0.4) is 0 Å². The van der Waals surface area contributed by atoms with E-state index in [2.05, 4.69) is 9.71 Å². The van der Waals surface area contributed by atoms with Crippen molar-refractivity contribution in [2.75, 3.05) is 19.6 Å². The predicted octanol–water partition coefficient (Wildman–Crippen LogP) is 2.19. The van der Waals surface area contributed by atoms with E-state index in [0.717, 1.165) is 12.8 Å². The van der Waals surface area contributed by atoms with E-state index in [4.69, 9.17) is 0 Å². The van der Waals surface area contributed by atoms with Crippen molar-refractivity contribution in [2.24, 2.45) is 5.92 Å². The number of piperidine rings is 1. The van der Waals surface area contributed by atoms with Crippen LogP contribution in [0.2, 0.25) is 0 Å². The summed E-state index contributed by atoms with van der Waals surface area (Å²) in [5.74, 6) is -0.574. The zero-order valence-corrected chi connectivity index (χ0v) is 15.7. The normalized spacial score (nSPS) is 15.7. The molecule has 0 saturated carbocycles. The molecule has 2 heterocycles. The monoisotopic (exact) mass is 391 g/mol. The molecule has 0 aliphatic carbocycles. The summed E-state index contributed by atoms with van der Waals surface area (Å²) in [4.78, 5) is 18.1. The third-order valence-corrected chi connectivity index (χ3v) is 5.97. The number of benzene rings is 1. The van der Waals surface area contributed by atoms with E-state index in [0.29, 0.717) is 30.8 Å². The van der Waals surface area contributed by atoms with Crippen LogP contribution in [0.1, 0.15) is 28.8 Å². The molecule has 144 valence electrons. The molecule has 0 bridgehead atoms. The Kier molecular flexibility index (Phi) is 6.18. The number of amides is 1. The van der Waals surface area contributed by atoms with Gasteiger partial charge in [-0.3, -0.25) is 9.78 Å². The van der Waals surface area contributed by atoms with Crippen LogP contribution in [0.25, 0.3) is 0 Å². The van der Waals surface area contributed by atoms with Gasteiger partial charge in [0.25, 0.3) is 5.91 Å². The van der Waals surface area contributed by atoms with Crippen LogP contribution in [-0.2, 0) is 15.8 Å². The summed E-state index contributed by atoms with van der Waals surface area (Å²) in [5, 5.41) is 0. The summed E-state index contributed by atoms with van der Waals surface area (Å²) >= 11 is 0. The summed E-state index contributed by atoms with van der Waals surface area (Å²) in [7, 11) is -3.53. The number of hydrogen-bond acceptors (Lipinski definition) is 4. The minimum Gasteiger partial charge on any atom is -0.339 e. The average Bonchev–Trinajstić information content (AvgIpc) is 2.67. The SMILES string of the molecule is O=C(c1cccnc1)N1CCC(CNS(=O)(=O)Cc2cccc(F)c2)CC1. The molecule has 0 radical (unpaired) electrons. The van der Waals surface area contributed by atoms with Crippen molar-refractivity contribution in [1.29, 1.82) is 0 Å². The maximum absolute atomic E-state index is 13.2. The Bertz CT molecular complexity index is 882. The second kappa shape index (κ2) is 8.58. The number of pyridine rings is 1. The van der Waals surface area contributed by atoms with Gasteiger partial charge >= 0.3 is 0 Å². The summed E-state index contributed by atoms with van der Waals surface area (Å²) in [6.45, 7) is 1.50. The van der Waals surface area contributed by atoms with Crippen molar-refractivity contribution in [1.82, 2.24) is 14.6 Å². The molecule has 8 heteroatoms. The van der Waals surface area contributed by atoms with E-state index in [1.54, 1.807) is 35.5 Å². The van der Waals surface area contributed by atoms with E-state index in [9.17, 15) is 17.6 Å². The number of likely N-dealkylation sites (tertiary alicyclic amines) is 1. The Morgan fingerprint density at radius 2 is 2.00 bits per heavy atom. The van der Waals surface area contributed by atoms with Gasteiger partial charge in [0.1, 0.15) is 5.82 Å². The molecule has 1 N–H and O–H groups in total. The molecule has 1 aliphatic rings. The Balaban J connectivity index is 1.47. The van der Waals surface area contributed by atoms with E-state index in [-0.39, 0.29) is 17.6 Å². The lowest BCUT2D eigenvalue weighted by molar-refractivity contribution is 0.0691. The second-order valence-electron chi connectivity index (χ2n) is 6.71. The van der Waals surface area contributed by atoms with Crippen LogP contribution in [0.4, 0.5) is 4.39 Å². The molecule has 1 aliphatic heterocycles. The standard InChI is InChI=1S/C19H22FN3O3S/c20-18-5-1-3-16(11-18)14-27(25,26)22-12-15-6-9-23(10-7-15)19(24)17-4-2-8-21-13-17/h1-5,8,11,13,15,22H,6-7,9-10,12,14H2. The number of aromatic nitrogens is 1. The minimum absolute atomic E-state index is 0.0479. The van der Waals surface area contributed by atoms with Gasteiger partial charge in [0.15, 0.2) is 0 Å².